The number of nitrogens with one attached hydrogen (secondary N) is 2. The molecule has 0 aliphatic carbocycles. The van der Waals surface area contributed by atoms with Gasteiger partial charge in [-0.05, 0) is 48.4 Å². The maximum atomic E-state index is 12.2. The number of piperidine rings is 1. The van der Waals surface area contributed by atoms with E-state index in [0.29, 0.717) is 31.9 Å². The Kier molecular flexibility index (Phi) is 7.02. The summed E-state index contributed by atoms with van der Waals surface area (Å²) in [7, 11) is 0. The van der Waals surface area contributed by atoms with E-state index in [0.717, 1.165) is 17.7 Å². The number of furan rings is 1. The molecule has 2 aromatic heterocycles. The zero-order valence-electron chi connectivity index (χ0n) is 15.4. The SMILES string of the molecule is O=C(NCc1cccs1)C(=O)NCC1CCN(C(=O)C=Cc2ccco2)CC1. The Labute approximate surface area is 167 Å². The summed E-state index contributed by atoms with van der Waals surface area (Å²) >= 11 is 1.53. The van der Waals surface area contributed by atoms with Crippen LogP contribution < -0.4 is 10.6 Å². The van der Waals surface area contributed by atoms with Crippen molar-refractivity contribution in [3.8, 4) is 0 Å². The second-order valence-electron chi connectivity index (χ2n) is 6.59. The fourth-order valence-electron chi connectivity index (χ4n) is 2.98. The number of hydrogen-bond acceptors (Lipinski definition) is 5. The van der Waals surface area contributed by atoms with Crippen LogP contribution in [0.1, 0.15) is 23.5 Å². The third-order valence-corrected chi connectivity index (χ3v) is 5.50. The minimum Gasteiger partial charge on any atom is -0.465 e. The van der Waals surface area contributed by atoms with Crippen LogP contribution in [-0.2, 0) is 20.9 Å². The number of rotatable bonds is 6. The molecule has 3 heterocycles. The molecule has 1 saturated heterocycles. The van der Waals surface area contributed by atoms with Gasteiger partial charge in [0.25, 0.3) is 0 Å². The topological polar surface area (TPSA) is 91.7 Å². The van der Waals surface area contributed by atoms with Gasteiger partial charge in [-0.1, -0.05) is 6.07 Å². The van der Waals surface area contributed by atoms with Crippen LogP contribution in [0.25, 0.3) is 6.08 Å². The number of likely N-dealkylation sites (tertiary alicyclic amines) is 1. The van der Waals surface area contributed by atoms with Gasteiger partial charge in [-0.15, -0.1) is 11.3 Å². The zero-order chi connectivity index (χ0) is 19.8. The second-order valence-corrected chi connectivity index (χ2v) is 7.62. The second kappa shape index (κ2) is 9.89. The summed E-state index contributed by atoms with van der Waals surface area (Å²) in [5.41, 5.74) is 0. The lowest BCUT2D eigenvalue weighted by molar-refractivity contribution is -0.139. The molecule has 8 heteroatoms. The van der Waals surface area contributed by atoms with E-state index in [1.807, 2.05) is 17.5 Å². The van der Waals surface area contributed by atoms with Crippen LogP contribution in [0, 0.1) is 5.92 Å². The van der Waals surface area contributed by atoms with Crippen molar-refractivity contribution in [2.24, 2.45) is 5.92 Å². The molecular weight excluding hydrogens is 378 g/mol. The summed E-state index contributed by atoms with van der Waals surface area (Å²) in [6.45, 7) is 2.06. The van der Waals surface area contributed by atoms with Crippen molar-refractivity contribution in [3.05, 3.63) is 52.6 Å². The van der Waals surface area contributed by atoms with Crippen molar-refractivity contribution in [2.75, 3.05) is 19.6 Å². The first-order chi connectivity index (χ1) is 13.6. The van der Waals surface area contributed by atoms with Crippen LogP contribution >= 0.6 is 11.3 Å². The van der Waals surface area contributed by atoms with E-state index >= 15 is 0 Å². The molecule has 1 aliphatic heterocycles. The predicted molar refractivity (Wildman–Crippen MR) is 106 cm³/mol. The molecule has 0 radical (unpaired) electrons. The minimum atomic E-state index is -0.621. The van der Waals surface area contributed by atoms with Gasteiger partial charge in [0.1, 0.15) is 5.76 Å². The van der Waals surface area contributed by atoms with Crippen molar-refractivity contribution in [3.63, 3.8) is 0 Å². The minimum absolute atomic E-state index is 0.0492. The fourth-order valence-corrected chi connectivity index (χ4v) is 3.63. The van der Waals surface area contributed by atoms with E-state index in [2.05, 4.69) is 10.6 Å². The van der Waals surface area contributed by atoms with Gasteiger partial charge in [-0.3, -0.25) is 14.4 Å². The van der Waals surface area contributed by atoms with E-state index in [4.69, 9.17) is 4.42 Å². The Morgan fingerprint density at radius 3 is 2.61 bits per heavy atom. The lowest BCUT2D eigenvalue weighted by atomic mass is 9.96. The van der Waals surface area contributed by atoms with Gasteiger partial charge in [-0.2, -0.15) is 0 Å². The first kappa shape index (κ1) is 19.9. The normalized spacial score (nSPS) is 14.9. The molecule has 0 saturated carbocycles. The molecule has 1 aliphatic rings. The smallest absolute Gasteiger partial charge is 0.309 e. The van der Waals surface area contributed by atoms with Crippen LogP contribution in [-0.4, -0.2) is 42.3 Å². The number of amides is 3. The van der Waals surface area contributed by atoms with Gasteiger partial charge in [0.15, 0.2) is 0 Å². The first-order valence-electron chi connectivity index (χ1n) is 9.20. The quantitative estimate of drug-likeness (QED) is 0.572. The van der Waals surface area contributed by atoms with Gasteiger partial charge >= 0.3 is 11.8 Å². The predicted octanol–water partition coefficient (Wildman–Crippen LogP) is 2.03. The molecule has 0 atom stereocenters. The standard InChI is InChI=1S/C20H23N3O4S/c24-18(6-5-16-3-1-11-27-16)23-9-7-15(8-10-23)13-21-19(25)20(26)22-14-17-4-2-12-28-17/h1-6,11-12,15H,7-10,13-14H2,(H,21,25)(H,22,26). The molecule has 0 bridgehead atoms. The van der Waals surface area contributed by atoms with Crippen LogP contribution in [0.15, 0.2) is 46.4 Å². The Bertz CT molecular complexity index is 807. The Morgan fingerprint density at radius 1 is 1.14 bits per heavy atom. The molecule has 0 unspecified atom stereocenters. The Hall–Kier alpha value is -2.87. The van der Waals surface area contributed by atoms with E-state index in [1.165, 1.54) is 17.4 Å². The van der Waals surface area contributed by atoms with Crippen molar-refractivity contribution in [1.82, 2.24) is 15.5 Å². The Balaban J connectivity index is 1.34. The highest BCUT2D eigenvalue weighted by Crippen LogP contribution is 2.17. The molecule has 0 spiro atoms. The fraction of sp³-hybridized carbons (Fsp3) is 0.350. The molecule has 2 aromatic rings. The highest BCUT2D eigenvalue weighted by Gasteiger charge is 2.23. The average molecular weight is 401 g/mol. The summed E-state index contributed by atoms with van der Waals surface area (Å²) in [6, 6.07) is 7.36. The largest absolute Gasteiger partial charge is 0.465 e. The molecule has 0 aromatic carbocycles. The highest BCUT2D eigenvalue weighted by atomic mass is 32.1. The van der Waals surface area contributed by atoms with E-state index < -0.39 is 11.8 Å². The van der Waals surface area contributed by atoms with Gasteiger partial charge < -0.3 is 20.0 Å². The van der Waals surface area contributed by atoms with Gasteiger partial charge in [-0.25, -0.2) is 0 Å². The molecule has 3 amide bonds. The molecule has 28 heavy (non-hydrogen) atoms. The van der Waals surface area contributed by atoms with Gasteiger partial charge in [0, 0.05) is 30.6 Å². The van der Waals surface area contributed by atoms with Gasteiger partial charge in [0.05, 0.1) is 12.8 Å². The molecule has 3 rings (SSSR count). The lowest BCUT2D eigenvalue weighted by Gasteiger charge is -2.31. The maximum Gasteiger partial charge on any atom is 0.309 e. The van der Waals surface area contributed by atoms with Crippen LogP contribution in [0.4, 0.5) is 0 Å². The molecule has 2 N–H and O–H groups in total. The van der Waals surface area contributed by atoms with E-state index in [9.17, 15) is 14.4 Å². The molecule has 148 valence electrons. The third kappa shape index (κ3) is 5.82. The van der Waals surface area contributed by atoms with Crippen LogP contribution in [0.2, 0.25) is 0 Å². The van der Waals surface area contributed by atoms with Gasteiger partial charge in [0.2, 0.25) is 5.91 Å². The highest BCUT2D eigenvalue weighted by molar-refractivity contribution is 7.09. The monoisotopic (exact) mass is 401 g/mol. The maximum absolute atomic E-state index is 12.2. The molecule has 7 nitrogen and oxygen atoms in total. The Morgan fingerprint density at radius 2 is 1.93 bits per heavy atom. The molecule has 1 fully saturated rings. The van der Waals surface area contributed by atoms with Crippen molar-refractivity contribution < 1.29 is 18.8 Å². The summed E-state index contributed by atoms with van der Waals surface area (Å²) in [4.78, 5) is 38.7. The lowest BCUT2D eigenvalue weighted by Crippen LogP contribution is -2.44. The van der Waals surface area contributed by atoms with E-state index in [-0.39, 0.29) is 11.8 Å². The number of carbonyl (C=O) groups is 3. The third-order valence-electron chi connectivity index (χ3n) is 4.62. The summed E-state index contributed by atoms with van der Waals surface area (Å²) in [6.07, 6.45) is 6.31. The van der Waals surface area contributed by atoms with Crippen molar-refractivity contribution in [2.45, 2.75) is 19.4 Å². The summed E-state index contributed by atoms with van der Waals surface area (Å²) in [5, 5.41) is 7.23. The molecular formula is C20H23N3O4S. The first-order valence-corrected chi connectivity index (χ1v) is 10.1. The van der Waals surface area contributed by atoms with Crippen LogP contribution in [0.3, 0.4) is 0 Å². The summed E-state index contributed by atoms with van der Waals surface area (Å²) < 4.78 is 5.17. The number of carbonyl (C=O) groups excluding carboxylic acids is 3. The summed E-state index contributed by atoms with van der Waals surface area (Å²) in [5.74, 6) is -0.386. The van der Waals surface area contributed by atoms with Crippen LogP contribution in [0.5, 0.6) is 0 Å². The van der Waals surface area contributed by atoms with Crippen molar-refractivity contribution in [1.29, 1.82) is 0 Å². The number of hydrogen-bond donors (Lipinski definition) is 2. The number of thiophene rings is 1. The number of nitrogens with zero attached hydrogens (tertiary/aromatic N) is 1. The average Bonchev–Trinajstić information content (AvgIpc) is 3.42. The van der Waals surface area contributed by atoms with Crippen molar-refractivity contribution >= 4 is 35.1 Å². The zero-order valence-corrected chi connectivity index (χ0v) is 16.2. The van der Waals surface area contributed by atoms with E-state index in [1.54, 1.807) is 29.4 Å².